The predicted octanol–water partition coefficient (Wildman–Crippen LogP) is 3.26. The molecule has 0 saturated carbocycles. The summed E-state index contributed by atoms with van der Waals surface area (Å²) in [6.07, 6.45) is 4.17. The Bertz CT molecular complexity index is 454. The Kier molecular flexibility index (Phi) is 7.51. The average Bonchev–Trinajstić information content (AvgIpc) is 2.49. The normalized spacial score (nSPS) is 11.9. The van der Waals surface area contributed by atoms with Crippen LogP contribution in [0, 0.1) is 5.92 Å². The Hall–Kier alpha value is -1.84. The topological polar surface area (TPSA) is 66.4 Å². The monoisotopic (exact) mass is 291 g/mol. The molecule has 1 unspecified atom stereocenters. The second-order valence-corrected chi connectivity index (χ2v) is 5.38. The number of nitrogens with one attached hydrogen (secondary N) is 1. The molecule has 0 saturated heterocycles. The molecule has 1 aromatic carbocycles. The summed E-state index contributed by atoms with van der Waals surface area (Å²) in [7, 11) is 0. The number of amides is 1. The van der Waals surface area contributed by atoms with E-state index in [-0.39, 0.29) is 18.2 Å². The zero-order valence-electron chi connectivity index (χ0n) is 12.9. The minimum absolute atomic E-state index is 0.0183. The van der Waals surface area contributed by atoms with Crippen molar-refractivity contribution in [3.8, 4) is 0 Å². The maximum Gasteiger partial charge on any atom is 0.303 e. The lowest BCUT2D eigenvalue weighted by Gasteiger charge is -2.13. The molecule has 0 aliphatic carbocycles. The highest BCUT2D eigenvalue weighted by Gasteiger charge is 2.13. The summed E-state index contributed by atoms with van der Waals surface area (Å²) in [4.78, 5) is 22.7. The smallest absolute Gasteiger partial charge is 0.303 e. The summed E-state index contributed by atoms with van der Waals surface area (Å²) in [6, 6.07) is 7.63. The van der Waals surface area contributed by atoms with Crippen LogP contribution in [0.1, 0.15) is 55.5 Å². The molecule has 21 heavy (non-hydrogen) atoms. The quantitative estimate of drug-likeness (QED) is 0.734. The first-order valence-corrected chi connectivity index (χ1v) is 7.65. The Morgan fingerprint density at radius 1 is 1.19 bits per heavy atom. The van der Waals surface area contributed by atoms with Crippen molar-refractivity contribution in [2.45, 2.75) is 46.0 Å². The largest absolute Gasteiger partial charge is 0.481 e. The van der Waals surface area contributed by atoms with Crippen LogP contribution < -0.4 is 5.32 Å². The van der Waals surface area contributed by atoms with Crippen molar-refractivity contribution in [1.29, 1.82) is 0 Å². The van der Waals surface area contributed by atoms with E-state index in [1.165, 1.54) is 5.56 Å². The number of carboxylic acid groups (broad SMARTS) is 1. The van der Waals surface area contributed by atoms with Gasteiger partial charge < -0.3 is 10.4 Å². The van der Waals surface area contributed by atoms with E-state index in [9.17, 15) is 9.59 Å². The first-order valence-electron chi connectivity index (χ1n) is 7.65. The highest BCUT2D eigenvalue weighted by Crippen LogP contribution is 2.10. The van der Waals surface area contributed by atoms with Crippen molar-refractivity contribution in [3.63, 3.8) is 0 Å². The number of aryl methyl sites for hydroxylation is 1. The summed E-state index contributed by atoms with van der Waals surface area (Å²) >= 11 is 0. The van der Waals surface area contributed by atoms with Gasteiger partial charge in [-0.15, -0.1) is 0 Å². The molecule has 0 aliphatic rings. The second-order valence-electron chi connectivity index (χ2n) is 5.38. The van der Waals surface area contributed by atoms with E-state index in [1.807, 2.05) is 31.2 Å². The SMILES string of the molecule is CCCCc1ccc(C(=O)NCC(CC)CC(=O)O)cc1. The van der Waals surface area contributed by atoms with Gasteiger partial charge in [-0.05, 0) is 36.5 Å². The second kappa shape index (κ2) is 9.16. The van der Waals surface area contributed by atoms with Gasteiger partial charge in [0.25, 0.3) is 5.91 Å². The summed E-state index contributed by atoms with van der Waals surface area (Å²) < 4.78 is 0. The number of carbonyl (C=O) groups excluding carboxylic acids is 1. The maximum atomic E-state index is 12.0. The molecule has 0 heterocycles. The van der Waals surface area contributed by atoms with Crippen molar-refractivity contribution >= 4 is 11.9 Å². The number of rotatable bonds is 9. The number of aliphatic carboxylic acids is 1. The average molecular weight is 291 g/mol. The van der Waals surface area contributed by atoms with Crippen LogP contribution in [0.4, 0.5) is 0 Å². The Balaban J connectivity index is 2.49. The molecule has 0 aliphatic heterocycles. The lowest BCUT2D eigenvalue weighted by Crippen LogP contribution is -2.30. The van der Waals surface area contributed by atoms with E-state index in [4.69, 9.17) is 5.11 Å². The molecule has 1 atom stereocenters. The lowest BCUT2D eigenvalue weighted by molar-refractivity contribution is -0.138. The highest BCUT2D eigenvalue weighted by molar-refractivity contribution is 5.94. The fourth-order valence-electron chi connectivity index (χ4n) is 2.15. The van der Waals surface area contributed by atoms with Crippen molar-refractivity contribution in [1.82, 2.24) is 5.32 Å². The zero-order chi connectivity index (χ0) is 15.7. The maximum absolute atomic E-state index is 12.0. The summed E-state index contributed by atoms with van der Waals surface area (Å²) in [5.41, 5.74) is 1.87. The van der Waals surface area contributed by atoms with E-state index in [0.717, 1.165) is 25.7 Å². The Morgan fingerprint density at radius 2 is 1.86 bits per heavy atom. The van der Waals surface area contributed by atoms with E-state index in [0.29, 0.717) is 12.1 Å². The molecule has 116 valence electrons. The van der Waals surface area contributed by atoms with Gasteiger partial charge in [0, 0.05) is 18.5 Å². The molecule has 4 nitrogen and oxygen atoms in total. The van der Waals surface area contributed by atoms with Crippen LogP contribution in [-0.2, 0) is 11.2 Å². The van der Waals surface area contributed by atoms with Gasteiger partial charge in [-0.25, -0.2) is 0 Å². The number of hydrogen-bond donors (Lipinski definition) is 2. The fourth-order valence-corrected chi connectivity index (χ4v) is 2.15. The molecule has 2 N–H and O–H groups in total. The van der Waals surface area contributed by atoms with E-state index in [1.54, 1.807) is 0 Å². The lowest BCUT2D eigenvalue weighted by atomic mass is 10.0. The van der Waals surface area contributed by atoms with E-state index < -0.39 is 5.97 Å². The molecular formula is C17H25NO3. The number of hydrogen-bond acceptors (Lipinski definition) is 2. The van der Waals surface area contributed by atoms with Crippen molar-refractivity contribution < 1.29 is 14.7 Å². The molecule has 0 bridgehead atoms. The van der Waals surface area contributed by atoms with E-state index in [2.05, 4.69) is 12.2 Å². The molecule has 4 heteroatoms. The van der Waals surface area contributed by atoms with Gasteiger partial charge in [0.2, 0.25) is 0 Å². The third kappa shape index (κ3) is 6.43. The molecule has 1 aromatic rings. The van der Waals surface area contributed by atoms with Gasteiger partial charge in [0.15, 0.2) is 0 Å². The number of carboxylic acids is 1. The highest BCUT2D eigenvalue weighted by atomic mass is 16.4. The van der Waals surface area contributed by atoms with Crippen molar-refractivity contribution in [2.24, 2.45) is 5.92 Å². The molecule has 1 amide bonds. The molecule has 0 radical (unpaired) electrons. The molecular weight excluding hydrogens is 266 g/mol. The summed E-state index contributed by atoms with van der Waals surface area (Å²) in [5, 5.41) is 11.6. The van der Waals surface area contributed by atoms with E-state index >= 15 is 0 Å². The molecule has 1 rings (SSSR count). The third-order valence-corrected chi connectivity index (χ3v) is 3.63. The van der Waals surface area contributed by atoms with Crippen LogP contribution in [0.15, 0.2) is 24.3 Å². The summed E-state index contributed by atoms with van der Waals surface area (Å²) in [6.45, 7) is 4.49. The van der Waals surface area contributed by atoms with Crippen LogP contribution in [0.25, 0.3) is 0 Å². The molecule has 0 spiro atoms. The first-order chi connectivity index (χ1) is 10.1. The third-order valence-electron chi connectivity index (χ3n) is 3.63. The number of carbonyl (C=O) groups is 2. The van der Waals surface area contributed by atoms with Crippen molar-refractivity contribution in [2.75, 3.05) is 6.54 Å². The van der Waals surface area contributed by atoms with Crippen LogP contribution in [0.2, 0.25) is 0 Å². The van der Waals surface area contributed by atoms with Crippen molar-refractivity contribution in [3.05, 3.63) is 35.4 Å². The Labute approximate surface area is 126 Å². The van der Waals surface area contributed by atoms with Gasteiger partial charge in [0.05, 0.1) is 0 Å². The number of benzene rings is 1. The molecule has 0 fully saturated rings. The van der Waals surface area contributed by atoms with Crippen LogP contribution in [0.3, 0.4) is 0 Å². The fraction of sp³-hybridized carbons (Fsp3) is 0.529. The minimum atomic E-state index is -0.823. The van der Waals surface area contributed by atoms with Gasteiger partial charge in [0.1, 0.15) is 0 Å². The Morgan fingerprint density at radius 3 is 2.38 bits per heavy atom. The predicted molar refractivity (Wildman–Crippen MR) is 83.4 cm³/mol. The van der Waals surface area contributed by atoms with Crippen LogP contribution in [0.5, 0.6) is 0 Å². The van der Waals surface area contributed by atoms with Gasteiger partial charge in [-0.1, -0.05) is 38.8 Å². The van der Waals surface area contributed by atoms with Crippen LogP contribution >= 0.6 is 0 Å². The standard InChI is InChI=1S/C17H25NO3/c1-3-5-6-14-7-9-15(10-8-14)17(21)18-12-13(4-2)11-16(19)20/h7-10,13H,3-6,11-12H2,1-2H3,(H,18,21)(H,19,20). The zero-order valence-corrected chi connectivity index (χ0v) is 12.9. The van der Waals surface area contributed by atoms with Gasteiger partial charge >= 0.3 is 5.97 Å². The number of unbranched alkanes of at least 4 members (excludes halogenated alkanes) is 1. The van der Waals surface area contributed by atoms with Gasteiger partial charge in [-0.3, -0.25) is 9.59 Å². The first kappa shape index (κ1) is 17.2. The van der Waals surface area contributed by atoms with Crippen LogP contribution in [-0.4, -0.2) is 23.5 Å². The summed E-state index contributed by atoms with van der Waals surface area (Å²) in [5.74, 6) is -0.979. The van der Waals surface area contributed by atoms with Gasteiger partial charge in [-0.2, -0.15) is 0 Å². The molecule has 0 aromatic heterocycles. The minimum Gasteiger partial charge on any atom is -0.481 e.